The molecule has 0 bridgehead atoms. The molecule has 0 heterocycles. The number of methoxy groups -OCH3 is 1. The fourth-order valence-electron chi connectivity index (χ4n) is 1.36. The Morgan fingerprint density at radius 3 is 2.81 bits per heavy atom. The topological polar surface area (TPSA) is 84.6 Å². The van der Waals surface area contributed by atoms with Gasteiger partial charge in [0.1, 0.15) is 5.75 Å². The van der Waals surface area contributed by atoms with Gasteiger partial charge in [0.2, 0.25) is 5.91 Å². The summed E-state index contributed by atoms with van der Waals surface area (Å²) in [5.74, 6) is 0.348. The number of carbonyl (C=O) groups is 1. The van der Waals surface area contributed by atoms with Gasteiger partial charge in [0.05, 0.1) is 18.9 Å². The Morgan fingerprint density at radius 1 is 1.62 bits per heavy atom. The van der Waals surface area contributed by atoms with Crippen LogP contribution >= 0.6 is 0 Å². The van der Waals surface area contributed by atoms with Crippen LogP contribution in [0.5, 0.6) is 5.75 Å². The number of hydrogen-bond acceptors (Lipinski definition) is 4. The molecule has 0 spiro atoms. The summed E-state index contributed by atoms with van der Waals surface area (Å²) in [5.41, 5.74) is 6.53. The summed E-state index contributed by atoms with van der Waals surface area (Å²) in [6, 6.07) is 5.04. The lowest BCUT2D eigenvalue weighted by atomic mass is 10.1. The average molecular weight is 224 g/mol. The Bertz CT molecular complexity index is 379. The van der Waals surface area contributed by atoms with Gasteiger partial charge in [-0.1, -0.05) is 6.07 Å². The van der Waals surface area contributed by atoms with Crippen LogP contribution < -0.4 is 15.8 Å². The Kier molecular flexibility index (Phi) is 4.28. The molecule has 88 valence electrons. The van der Waals surface area contributed by atoms with Gasteiger partial charge in [0.15, 0.2) is 0 Å². The van der Waals surface area contributed by atoms with Gasteiger partial charge < -0.3 is 20.9 Å². The number of hydrogen-bond donors (Lipinski definition) is 3. The van der Waals surface area contributed by atoms with Crippen LogP contribution in [-0.2, 0) is 4.79 Å². The van der Waals surface area contributed by atoms with E-state index in [4.69, 9.17) is 10.5 Å². The van der Waals surface area contributed by atoms with Crippen molar-refractivity contribution in [2.45, 2.75) is 13.0 Å². The molecule has 0 saturated heterocycles. The summed E-state index contributed by atoms with van der Waals surface area (Å²) in [5, 5.41) is 12.2. The van der Waals surface area contributed by atoms with E-state index < -0.39 is 6.10 Å². The molecular formula is C11H16N2O3. The van der Waals surface area contributed by atoms with E-state index in [1.54, 1.807) is 18.2 Å². The predicted octanol–water partition coefficient (Wildman–Crippen LogP) is 0.646. The zero-order valence-electron chi connectivity index (χ0n) is 9.36. The third kappa shape index (κ3) is 2.95. The minimum Gasteiger partial charge on any atom is -0.495 e. The number of anilines is 1. The molecule has 0 aromatic heterocycles. The van der Waals surface area contributed by atoms with E-state index in [1.807, 2.05) is 0 Å². The first-order chi connectivity index (χ1) is 7.58. The zero-order chi connectivity index (χ0) is 12.1. The number of rotatable bonds is 4. The number of ether oxygens (including phenoxy) is 1. The number of aliphatic hydroxyl groups excluding tert-OH is 1. The fraction of sp³-hybridized carbons (Fsp3) is 0.364. The van der Waals surface area contributed by atoms with Crippen molar-refractivity contribution in [1.82, 2.24) is 0 Å². The largest absolute Gasteiger partial charge is 0.495 e. The van der Waals surface area contributed by atoms with E-state index in [0.29, 0.717) is 17.0 Å². The van der Waals surface area contributed by atoms with E-state index in [2.05, 4.69) is 5.32 Å². The average Bonchev–Trinajstić information content (AvgIpc) is 2.27. The maximum atomic E-state index is 11.0. The highest BCUT2D eigenvalue weighted by Gasteiger charge is 2.10. The summed E-state index contributed by atoms with van der Waals surface area (Å²) in [4.78, 5) is 11.0. The number of benzene rings is 1. The van der Waals surface area contributed by atoms with Gasteiger partial charge >= 0.3 is 0 Å². The smallest absolute Gasteiger partial charge is 0.221 e. The van der Waals surface area contributed by atoms with Crippen molar-refractivity contribution in [3.63, 3.8) is 0 Å². The number of carbonyl (C=O) groups excluding carboxylic acids is 1. The van der Waals surface area contributed by atoms with Crippen LogP contribution in [0.4, 0.5) is 5.69 Å². The fourth-order valence-corrected chi connectivity index (χ4v) is 1.36. The van der Waals surface area contributed by atoms with Crippen molar-refractivity contribution in [3.05, 3.63) is 23.8 Å². The Morgan fingerprint density at radius 2 is 2.31 bits per heavy atom. The van der Waals surface area contributed by atoms with Crippen LogP contribution in [0.15, 0.2) is 18.2 Å². The summed E-state index contributed by atoms with van der Waals surface area (Å²) in [6.07, 6.45) is -0.738. The predicted molar refractivity (Wildman–Crippen MR) is 61.3 cm³/mol. The van der Waals surface area contributed by atoms with Crippen molar-refractivity contribution in [3.8, 4) is 5.75 Å². The Balaban J connectivity index is 3.05. The molecule has 1 amide bonds. The monoisotopic (exact) mass is 224 g/mol. The van der Waals surface area contributed by atoms with Crippen molar-refractivity contribution < 1.29 is 14.6 Å². The van der Waals surface area contributed by atoms with Crippen LogP contribution in [0.1, 0.15) is 18.6 Å². The number of nitrogens with two attached hydrogens (primary N) is 1. The minimum atomic E-state index is -0.738. The molecule has 1 rings (SSSR count). The van der Waals surface area contributed by atoms with Gasteiger partial charge in [-0.15, -0.1) is 0 Å². The van der Waals surface area contributed by atoms with Crippen LogP contribution in [0.2, 0.25) is 0 Å². The molecule has 5 nitrogen and oxygen atoms in total. The van der Waals surface area contributed by atoms with Crippen molar-refractivity contribution in [1.29, 1.82) is 0 Å². The molecule has 4 N–H and O–H groups in total. The normalized spacial score (nSPS) is 12.0. The van der Waals surface area contributed by atoms with E-state index in [1.165, 1.54) is 14.0 Å². The zero-order valence-corrected chi connectivity index (χ0v) is 9.36. The SMILES string of the molecule is COc1ccc([C@@H](O)CN)cc1NC(C)=O. The van der Waals surface area contributed by atoms with Crippen LogP contribution in [0, 0.1) is 0 Å². The first kappa shape index (κ1) is 12.5. The van der Waals surface area contributed by atoms with Gasteiger partial charge in [-0.2, -0.15) is 0 Å². The number of nitrogens with one attached hydrogen (secondary N) is 1. The number of amides is 1. The van der Waals surface area contributed by atoms with E-state index in [9.17, 15) is 9.90 Å². The molecule has 5 heteroatoms. The molecule has 1 aromatic carbocycles. The molecule has 0 unspecified atom stereocenters. The maximum Gasteiger partial charge on any atom is 0.221 e. The molecular weight excluding hydrogens is 208 g/mol. The van der Waals surface area contributed by atoms with Gasteiger partial charge in [0, 0.05) is 13.5 Å². The van der Waals surface area contributed by atoms with E-state index in [-0.39, 0.29) is 12.5 Å². The third-order valence-electron chi connectivity index (χ3n) is 2.14. The second-order valence-corrected chi connectivity index (χ2v) is 3.39. The van der Waals surface area contributed by atoms with Crippen LogP contribution in [0.3, 0.4) is 0 Å². The maximum absolute atomic E-state index is 11.0. The van der Waals surface area contributed by atoms with Gasteiger partial charge in [-0.25, -0.2) is 0 Å². The Hall–Kier alpha value is -1.59. The highest BCUT2D eigenvalue weighted by Crippen LogP contribution is 2.27. The van der Waals surface area contributed by atoms with Gasteiger partial charge in [-0.3, -0.25) is 4.79 Å². The molecule has 0 aliphatic heterocycles. The quantitative estimate of drug-likeness (QED) is 0.701. The summed E-state index contributed by atoms with van der Waals surface area (Å²) < 4.78 is 5.09. The molecule has 16 heavy (non-hydrogen) atoms. The van der Waals surface area contributed by atoms with Crippen LogP contribution in [-0.4, -0.2) is 24.7 Å². The standard InChI is InChI=1S/C11H16N2O3/c1-7(14)13-9-5-8(10(15)6-12)3-4-11(9)16-2/h3-5,10,15H,6,12H2,1-2H3,(H,13,14)/t10-/m0/s1. The van der Waals surface area contributed by atoms with Gasteiger partial charge in [-0.05, 0) is 17.7 Å². The Labute approximate surface area is 94.2 Å². The van der Waals surface area contributed by atoms with E-state index in [0.717, 1.165) is 0 Å². The molecule has 0 saturated carbocycles. The molecule has 1 aromatic rings. The van der Waals surface area contributed by atoms with Crippen molar-refractivity contribution >= 4 is 11.6 Å². The summed E-state index contributed by atoms with van der Waals surface area (Å²) >= 11 is 0. The molecule has 1 atom stereocenters. The van der Waals surface area contributed by atoms with Gasteiger partial charge in [0.25, 0.3) is 0 Å². The third-order valence-corrected chi connectivity index (χ3v) is 2.14. The lowest BCUT2D eigenvalue weighted by Crippen LogP contribution is -2.13. The first-order valence-corrected chi connectivity index (χ1v) is 4.92. The van der Waals surface area contributed by atoms with E-state index >= 15 is 0 Å². The molecule has 0 fully saturated rings. The lowest BCUT2D eigenvalue weighted by Gasteiger charge is -2.13. The van der Waals surface area contributed by atoms with Crippen molar-refractivity contribution in [2.75, 3.05) is 19.0 Å². The second kappa shape index (κ2) is 5.48. The molecule has 0 radical (unpaired) electrons. The lowest BCUT2D eigenvalue weighted by molar-refractivity contribution is -0.114. The first-order valence-electron chi connectivity index (χ1n) is 4.92. The van der Waals surface area contributed by atoms with Crippen molar-refractivity contribution in [2.24, 2.45) is 5.73 Å². The minimum absolute atomic E-state index is 0.131. The highest BCUT2D eigenvalue weighted by molar-refractivity contribution is 5.90. The number of aliphatic hydroxyl groups is 1. The highest BCUT2D eigenvalue weighted by atomic mass is 16.5. The van der Waals surface area contributed by atoms with Crippen LogP contribution in [0.25, 0.3) is 0 Å². The summed E-state index contributed by atoms with van der Waals surface area (Å²) in [7, 11) is 1.51. The molecule has 0 aliphatic rings. The molecule has 0 aliphatic carbocycles. The second-order valence-electron chi connectivity index (χ2n) is 3.39. The summed E-state index contributed by atoms with van der Waals surface area (Å²) in [6.45, 7) is 1.54.